The van der Waals surface area contributed by atoms with Gasteiger partial charge >= 0.3 is 5.69 Å². The molecule has 142 valence electrons. The first kappa shape index (κ1) is 18.6. The fraction of sp³-hybridized carbons (Fsp3) is 0.105. The van der Waals surface area contributed by atoms with E-state index in [4.69, 9.17) is 11.6 Å². The number of thioether (sulfide) groups is 1. The Labute approximate surface area is 167 Å². The van der Waals surface area contributed by atoms with Crippen molar-refractivity contribution in [2.75, 3.05) is 0 Å². The van der Waals surface area contributed by atoms with Gasteiger partial charge in [0.1, 0.15) is 16.7 Å². The van der Waals surface area contributed by atoms with Crippen LogP contribution in [-0.4, -0.2) is 19.4 Å². The first-order chi connectivity index (χ1) is 13.5. The Morgan fingerprint density at radius 3 is 2.57 bits per heavy atom. The summed E-state index contributed by atoms with van der Waals surface area (Å²) < 4.78 is 29.4. The average Bonchev–Trinajstić information content (AvgIpc) is 2.99. The van der Waals surface area contributed by atoms with Gasteiger partial charge in [0.25, 0.3) is 0 Å². The van der Waals surface area contributed by atoms with E-state index in [0.29, 0.717) is 21.4 Å². The number of rotatable bonds is 5. The van der Waals surface area contributed by atoms with Gasteiger partial charge in [-0.1, -0.05) is 35.5 Å². The fourth-order valence-corrected chi connectivity index (χ4v) is 3.57. The third-order valence-electron chi connectivity index (χ3n) is 4.04. The highest BCUT2D eigenvalue weighted by atomic mass is 35.5. The smallest absolute Gasteiger partial charge is 0.244 e. The van der Waals surface area contributed by atoms with E-state index in [-0.39, 0.29) is 12.1 Å². The maximum atomic E-state index is 13.8. The molecule has 4 aromatic rings. The number of hydrogen-bond acceptors (Lipinski definition) is 4. The summed E-state index contributed by atoms with van der Waals surface area (Å²) in [5.74, 6) is -0.516. The van der Waals surface area contributed by atoms with Crippen LogP contribution in [0.5, 0.6) is 0 Å². The van der Waals surface area contributed by atoms with E-state index >= 15 is 0 Å². The molecule has 0 saturated heterocycles. The largest absolute Gasteiger partial charge is 0.367 e. The van der Waals surface area contributed by atoms with Crippen LogP contribution in [0.15, 0.2) is 64.4 Å². The van der Waals surface area contributed by atoms with Crippen molar-refractivity contribution in [3.63, 3.8) is 0 Å². The van der Waals surface area contributed by atoms with Crippen molar-refractivity contribution < 1.29 is 8.78 Å². The fourth-order valence-electron chi connectivity index (χ4n) is 2.64. The van der Waals surface area contributed by atoms with Gasteiger partial charge in [-0.3, -0.25) is 0 Å². The molecule has 0 radical (unpaired) electrons. The molecule has 0 atom stereocenters. The van der Waals surface area contributed by atoms with Gasteiger partial charge in [0.05, 0.1) is 6.54 Å². The monoisotopic (exact) mass is 418 g/mol. The van der Waals surface area contributed by atoms with Crippen LogP contribution in [0.25, 0.3) is 5.65 Å². The Bertz CT molecular complexity index is 1210. The summed E-state index contributed by atoms with van der Waals surface area (Å²) in [5.41, 5.74) is 0.925. The lowest BCUT2D eigenvalue weighted by Crippen LogP contribution is -2.23. The van der Waals surface area contributed by atoms with Crippen molar-refractivity contribution in [2.45, 2.75) is 17.3 Å². The van der Waals surface area contributed by atoms with Crippen molar-refractivity contribution in [2.24, 2.45) is 0 Å². The lowest BCUT2D eigenvalue weighted by molar-refractivity contribution is 0.559. The summed E-state index contributed by atoms with van der Waals surface area (Å²) in [6.45, 7) is -0.182. The zero-order valence-electron chi connectivity index (χ0n) is 14.3. The highest BCUT2D eigenvalue weighted by molar-refractivity contribution is 7.98. The molecule has 2 aromatic heterocycles. The summed E-state index contributed by atoms with van der Waals surface area (Å²) in [7, 11) is 0. The Morgan fingerprint density at radius 2 is 1.79 bits per heavy atom. The first-order valence-corrected chi connectivity index (χ1v) is 9.64. The van der Waals surface area contributed by atoms with E-state index < -0.39 is 17.3 Å². The Hall–Kier alpha value is -2.71. The number of benzene rings is 2. The summed E-state index contributed by atoms with van der Waals surface area (Å²) >= 11 is 7.34. The Balaban J connectivity index is 1.58. The maximum absolute atomic E-state index is 13.8. The molecule has 9 heteroatoms. The Kier molecular flexibility index (Phi) is 5.15. The number of nitrogens with zero attached hydrogens (tertiary/aromatic N) is 4. The molecule has 0 fully saturated rings. The molecule has 2 aromatic carbocycles. The second kappa shape index (κ2) is 7.73. The van der Waals surface area contributed by atoms with E-state index in [9.17, 15) is 13.6 Å². The van der Waals surface area contributed by atoms with Crippen LogP contribution in [0.2, 0.25) is 5.02 Å². The van der Waals surface area contributed by atoms with E-state index in [1.807, 2.05) is 24.3 Å². The van der Waals surface area contributed by atoms with Gasteiger partial charge < -0.3 is 0 Å². The molecule has 0 aliphatic carbocycles. The van der Waals surface area contributed by atoms with E-state index in [2.05, 4.69) is 10.2 Å². The van der Waals surface area contributed by atoms with Crippen LogP contribution < -0.4 is 5.69 Å². The van der Waals surface area contributed by atoms with Crippen LogP contribution in [0.1, 0.15) is 11.1 Å². The molecule has 0 unspecified atom stereocenters. The van der Waals surface area contributed by atoms with Gasteiger partial charge in [-0.15, -0.1) is 5.10 Å². The third kappa shape index (κ3) is 3.93. The lowest BCUT2D eigenvalue weighted by Gasteiger charge is -2.02. The minimum Gasteiger partial charge on any atom is -0.244 e. The van der Waals surface area contributed by atoms with Gasteiger partial charge in [0.15, 0.2) is 5.65 Å². The van der Waals surface area contributed by atoms with Gasteiger partial charge in [-0.25, -0.2) is 18.3 Å². The summed E-state index contributed by atoms with van der Waals surface area (Å²) in [6, 6.07) is 14.0. The zero-order chi connectivity index (χ0) is 19.7. The molecule has 4 rings (SSSR count). The van der Waals surface area contributed by atoms with Gasteiger partial charge in [-0.05, 0) is 48.0 Å². The van der Waals surface area contributed by atoms with Crippen molar-refractivity contribution in [3.05, 3.63) is 92.9 Å². The molecule has 28 heavy (non-hydrogen) atoms. The zero-order valence-corrected chi connectivity index (χ0v) is 15.9. The third-order valence-corrected chi connectivity index (χ3v) is 5.29. The number of fused-ring (bicyclic) bond motifs is 1. The van der Waals surface area contributed by atoms with E-state index in [1.54, 1.807) is 12.1 Å². The molecular weight excluding hydrogens is 406 g/mol. The number of hydrogen-bond donors (Lipinski definition) is 0. The molecule has 5 nitrogen and oxygen atoms in total. The lowest BCUT2D eigenvalue weighted by atomic mass is 10.2. The standard InChI is InChI=1S/C19H13ClF2N4OS/c20-14-3-1-12(2-4-14)11-28-18-8-7-17-23-25(19(27)26(17)24-18)10-13-9-15(21)5-6-16(13)22/h1-9H,10-11H2. The van der Waals surface area contributed by atoms with Crippen molar-refractivity contribution >= 4 is 29.0 Å². The second-order valence-corrected chi connectivity index (χ2v) is 7.46. The van der Waals surface area contributed by atoms with Crippen LogP contribution in [0, 0.1) is 11.6 Å². The van der Waals surface area contributed by atoms with Gasteiger partial charge in [0.2, 0.25) is 0 Å². The molecule has 0 amide bonds. The summed E-state index contributed by atoms with van der Waals surface area (Å²) in [6.07, 6.45) is 0. The molecule has 0 bridgehead atoms. The molecule has 2 heterocycles. The van der Waals surface area contributed by atoms with Crippen molar-refractivity contribution in [1.29, 1.82) is 0 Å². The second-order valence-electron chi connectivity index (χ2n) is 6.03. The molecule has 0 aliphatic heterocycles. The quantitative estimate of drug-likeness (QED) is 0.457. The van der Waals surface area contributed by atoms with Gasteiger partial charge in [0, 0.05) is 16.3 Å². The van der Waals surface area contributed by atoms with Crippen LogP contribution in [0.4, 0.5) is 8.78 Å². The minimum absolute atomic E-state index is 0.0443. The molecule has 0 spiro atoms. The molecule has 0 N–H and O–H groups in total. The predicted octanol–water partition coefficient (Wildman–Crippen LogP) is 4.16. The van der Waals surface area contributed by atoms with Crippen LogP contribution in [0.3, 0.4) is 0 Å². The minimum atomic E-state index is -0.600. The first-order valence-electron chi connectivity index (χ1n) is 8.28. The molecular formula is C19H13ClF2N4OS. The average molecular weight is 419 g/mol. The summed E-state index contributed by atoms with van der Waals surface area (Å²) in [4.78, 5) is 12.6. The summed E-state index contributed by atoms with van der Waals surface area (Å²) in [5, 5.41) is 9.75. The normalized spacial score (nSPS) is 11.2. The number of halogens is 3. The van der Waals surface area contributed by atoms with Gasteiger partial charge in [-0.2, -0.15) is 9.61 Å². The highest BCUT2D eigenvalue weighted by Gasteiger charge is 2.12. The van der Waals surface area contributed by atoms with Crippen molar-refractivity contribution in [1.82, 2.24) is 19.4 Å². The van der Waals surface area contributed by atoms with E-state index in [1.165, 1.54) is 11.8 Å². The van der Waals surface area contributed by atoms with Crippen molar-refractivity contribution in [3.8, 4) is 0 Å². The maximum Gasteiger partial charge on any atom is 0.367 e. The van der Waals surface area contributed by atoms with Crippen LogP contribution in [-0.2, 0) is 12.3 Å². The predicted molar refractivity (Wildman–Crippen MR) is 104 cm³/mol. The number of aromatic nitrogens is 4. The van der Waals surface area contributed by atoms with E-state index in [0.717, 1.165) is 33.0 Å². The molecule has 0 aliphatic rings. The Morgan fingerprint density at radius 1 is 1.00 bits per heavy atom. The van der Waals surface area contributed by atoms with Crippen LogP contribution >= 0.6 is 23.4 Å². The topological polar surface area (TPSA) is 52.2 Å². The SMILES string of the molecule is O=c1n(Cc2cc(F)ccc2F)nc2ccc(SCc3ccc(Cl)cc3)nn12. The highest BCUT2D eigenvalue weighted by Crippen LogP contribution is 2.21. The molecule has 0 saturated carbocycles.